The Morgan fingerprint density at radius 3 is 2.90 bits per heavy atom. The highest BCUT2D eigenvalue weighted by Gasteiger charge is 2.28. The molecule has 114 valence electrons. The number of rotatable bonds is 3. The van der Waals surface area contributed by atoms with E-state index in [0.29, 0.717) is 6.54 Å². The molecular formula is C17H24N2O2. The molecule has 1 amide bonds. The van der Waals surface area contributed by atoms with Gasteiger partial charge in [-0.25, -0.2) is 0 Å². The van der Waals surface area contributed by atoms with Gasteiger partial charge in [0.25, 0.3) is 0 Å². The summed E-state index contributed by atoms with van der Waals surface area (Å²) in [5.74, 6) is 0.179. The van der Waals surface area contributed by atoms with Crippen molar-refractivity contribution in [2.45, 2.75) is 44.4 Å². The molecule has 0 radical (unpaired) electrons. The van der Waals surface area contributed by atoms with Gasteiger partial charge in [-0.3, -0.25) is 4.79 Å². The first-order valence-corrected chi connectivity index (χ1v) is 7.91. The molecule has 0 aliphatic carbocycles. The van der Waals surface area contributed by atoms with Gasteiger partial charge >= 0.3 is 0 Å². The molecule has 1 fully saturated rings. The molecular weight excluding hydrogens is 264 g/mol. The maximum absolute atomic E-state index is 12.6. The third-order valence-electron chi connectivity index (χ3n) is 4.51. The Morgan fingerprint density at radius 2 is 2.14 bits per heavy atom. The van der Waals surface area contributed by atoms with Gasteiger partial charge in [0.2, 0.25) is 5.91 Å². The van der Waals surface area contributed by atoms with Gasteiger partial charge in [0.05, 0.1) is 12.1 Å². The number of fused-ring (bicyclic) bond motifs is 1. The lowest BCUT2D eigenvalue weighted by Crippen LogP contribution is -2.50. The first-order valence-electron chi connectivity index (χ1n) is 7.91. The maximum Gasteiger partial charge on any atom is 0.239 e. The number of likely N-dealkylation sites (N-methyl/N-ethyl adjacent to an activating group) is 1. The molecule has 1 saturated heterocycles. The van der Waals surface area contributed by atoms with Gasteiger partial charge in [-0.05, 0) is 36.8 Å². The van der Waals surface area contributed by atoms with E-state index in [-0.39, 0.29) is 18.1 Å². The van der Waals surface area contributed by atoms with E-state index in [2.05, 4.69) is 23.5 Å². The summed E-state index contributed by atoms with van der Waals surface area (Å²) in [4.78, 5) is 14.4. The van der Waals surface area contributed by atoms with Gasteiger partial charge in [0, 0.05) is 26.7 Å². The van der Waals surface area contributed by atoms with Crippen LogP contribution in [0.1, 0.15) is 30.4 Å². The van der Waals surface area contributed by atoms with Crippen LogP contribution in [0.3, 0.4) is 0 Å². The summed E-state index contributed by atoms with van der Waals surface area (Å²) >= 11 is 0. The molecule has 0 aromatic heterocycles. The second-order valence-corrected chi connectivity index (χ2v) is 6.11. The Bertz CT molecular complexity index is 497. The summed E-state index contributed by atoms with van der Waals surface area (Å²) in [5, 5.41) is 3.36. The first kappa shape index (κ1) is 14.5. The van der Waals surface area contributed by atoms with Gasteiger partial charge in [-0.1, -0.05) is 24.3 Å². The molecule has 0 saturated carbocycles. The van der Waals surface area contributed by atoms with Crippen molar-refractivity contribution < 1.29 is 9.53 Å². The van der Waals surface area contributed by atoms with Gasteiger partial charge in [0.15, 0.2) is 0 Å². The average molecular weight is 288 g/mol. The third kappa shape index (κ3) is 3.44. The monoisotopic (exact) mass is 288 g/mol. The van der Waals surface area contributed by atoms with Crippen LogP contribution in [0.25, 0.3) is 0 Å². The van der Waals surface area contributed by atoms with E-state index in [4.69, 9.17) is 4.74 Å². The van der Waals surface area contributed by atoms with E-state index in [1.54, 1.807) is 0 Å². The van der Waals surface area contributed by atoms with Gasteiger partial charge in [-0.15, -0.1) is 0 Å². The van der Waals surface area contributed by atoms with Crippen LogP contribution >= 0.6 is 0 Å². The zero-order chi connectivity index (χ0) is 14.7. The summed E-state index contributed by atoms with van der Waals surface area (Å²) in [6.07, 6.45) is 4.42. The number of nitrogens with zero attached hydrogens (tertiary/aromatic N) is 1. The molecule has 1 aromatic rings. The van der Waals surface area contributed by atoms with Crippen LogP contribution in [-0.4, -0.2) is 43.2 Å². The molecule has 1 N–H and O–H groups in total. The fourth-order valence-electron chi connectivity index (χ4n) is 3.24. The number of nitrogens with one attached hydrogen (secondary N) is 1. The predicted molar refractivity (Wildman–Crippen MR) is 82.0 cm³/mol. The van der Waals surface area contributed by atoms with Crippen molar-refractivity contribution in [2.24, 2.45) is 0 Å². The van der Waals surface area contributed by atoms with Crippen LogP contribution in [0.2, 0.25) is 0 Å². The Kier molecular flexibility index (Phi) is 4.56. The van der Waals surface area contributed by atoms with E-state index in [1.165, 1.54) is 17.5 Å². The minimum Gasteiger partial charge on any atom is -0.376 e. The van der Waals surface area contributed by atoms with Crippen molar-refractivity contribution in [1.82, 2.24) is 10.2 Å². The molecule has 2 aliphatic rings. The fraction of sp³-hybridized carbons (Fsp3) is 0.588. The van der Waals surface area contributed by atoms with E-state index in [1.807, 2.05) is 18.0 Å². The molecule has 1 unspecified atom stereocenters. The lowest BCUT2D eigenvalue weighted by atomic mass is 9.95. The lowest BCUT2D eigenvalue weighted by Gasteiger charge is -2.32. The van der Waals surface area contributed by atoms with Crippen molar-refractivity contribution >= 4 is 5.91 Å². The van der Waals surface area contributed by atoms with E-state index in [0.717, 1.165) is 32.4 Å². The summed E-state index contributed by atoms with van der Waals surface area (Å²) < 4.78 is 5.73. The SMILES string of the molecule is CN(CC1CCCCO1)C(=O)[C@H]1Cc2ccccc2CN1. The summed E-state index contributed by atoms with van der Waals surface area (Å²) in [7, 11) is 1.89. The van der Waals surface area contributed by atoms with Crippen molar-refractivity contribution in [3.05, 3.63) is 35.4 Å². The number of amides is 1. The second kappa shape index (κ2) is 6.58. The fourth-order valence-corrected chi connectivity index (χ4v) is 3.24. The van der Waals surface area contributed by atoms with Crippen molar-refractivity contribution in [1.29, 1.82) is 0 Å². The summed E-state index contributed by atoms with van der Waals surface area (Å²) in [6.45, 7) is 2.32. The molecule has 0 bridgehead atoms. The number of carbonyl (C=O) groups excluding carboxylic acids is 1. The number of carbonyl (C=O) groups is 1. The van der Waals surface area contributed by atoms with Crippen LogP contribution in [-0.2, 0) is 22.5 Å². The average Bonchev–Trinajstić information content (AvgIpc) is 2.54. The Labute approximate surface area is 126 Å². The maximum atomic E-state index is 12.6. The smallest absolute Gasteiger partial charge is 0.239 e. The van der Waals surface area contributed by atoms with Gasteiger partial charge < -0.3 is 15.0 Å². The highest BCUT2D eigenvalue weighted by Crippen LogP contribution is 2.18. The normalized spacial score (nSPS) is 25.2. The molecule has 2 heterocycles. The largest absolute Gasteiger partial charge is 0.376 e. The second-order valence-electron chi connectivity index (χ2n) is 6.11. The molecule has 1 aromatic carbocycles. The Balaban J connectivity index is 1.58. The van der Waals surface area contributed by atoms with Crippen LogP contribution in [0, 0.1) is 0 Å². The molecule has 2 atom stereocenters. The number of hydrogen-bond acceptors (Lipinski definition) is 3. The molecule has 3 rings (SSSR count). The van der Waals surface area contributed by atoms with Crippen molar-refractivity contribution in [3.63, 3.8) is 0 Å². The summed E-state index contributed by atoms with van der Waals surface area (Å²) in [6, 6.07) is 8.25. The van der Waals surface area contributed by atoms with E-state index >= 15 is 0 Å². The molecule has 4 nitrogen and oxygen atoms in total. The highest BCUT2D eigenvalue weighted by atomic mass is 16.5. The number of ether oxygens (including phenoxy) is 1. The third-order valence-corrected chi connectivity index (χ3v) is 4.51. The summed E-state index contributed by atoms with van der Waals surface area (Å²) in [5.41, 5.74) is 2.59. The van der Waals surface area contributed by atoms with Crippen molar-refractivity contribution in [2.75, 3.05) is 20.2 Å². The highest BCUT2D eigenvalue weighted by molar-refractivity contribution is 5.82. The van der Waals surface area contributed by atoms with Crippen LogP contribution in [0.4, 0.5) is 0 Å². The van der Waals surface area contributed by atoms with Crippen molar-refractivity contribution in [3.8, 4) is 0 Å². The van der Waals surface area contributed by atoms with Crippen LogP contribution < -0.4 is 5.32 Å². The quantitative estimate of drug-likeness (QED) is 0.921. The van der Waals surface area contributed by atoms with Gasteiger partial charge in [-0.2, -0.15) is 0 Å². The minimum atomic E-state index is -0.103. The zero-order valence-corrected chi connectivity index (χ0v) is 12.7. The molecule has 4 heteroatoms. The molecule has 2 aliphatic heterocycles. The number of hydrogen-bond donors (Lipinski definition) is 1. The Hall–Kier alpha value is -1.39. The Morgan fingerprint density at radius 1 is 1.33 bits per heavy atom. The molecule has 21 heavy (non-hydrogen) atoms. The number of benzene rings is 1. The first-order chi connectivity index (χ1) is 10.2. The van der Waals surface area contributed by atoms with E-state index in [9.17, 15) is 4.79 Å². The minimum absolute atomic E-state index is 0.103. The van der Waals surface area contributed by atoms with Gasteiger partial charge in [0.1, 0.15) is 0 Å². The molecule has 0 spiro atoms. The topological polar surface area (TPSA) is 41.6 Å². The zero-order valence-electron chi connectivity index (χ0n) is 12.7. The van der Waals surface area contributed by atoms with Crippen LogP contribution in [0.15, 0.2) is 24.3 Å². The lowest BCUT2D eigenvalue weighted by molar-refractivity contribution is -0.134. The van der Waals surface area contributed by atoms with E-state index < -0.39 is 0 Å². The standard InChI is InChI=1S/C17H24N2O2/c1-19(12-15-8-4-5-9-21-15)17(20)16-10-13-6-2-3-7-14(13)11-18-16/h2-3,6-7,15-16,18H,4-5,8-12H2,1H3/t15?,16-/m1/s1. The predicted octanol–water partition coefficient (Wildman–Crippen LogP) is 1.73. The van der Waals surface area contributed by atoms with Crippen LogP contribution in [0.5, 0.6) is 0 Å².